The number of nitrogens with zero attached hydrogens (tertiary/aromatic N) is 2. The van der Waals surface area contributed by atoms with E-state index in [4.69, 9.17) is 4.74 Å². The second kappa shape index (κ2) is 8.18. The van der Waals surface area contributed by atoms with Gasteiger partial charge in [-0.1, -0.05) is 24.3 Å². The van der Waals surface area contributed by atoms with Gasteiger partial charge in [-0.3, -0.25) is 14.5 Å². The molecule has 2 amide bonds. The van der Waals surface area contributed by atoms with E-state index in [1.54, 1.807) is 13.2 Å². The SMILES string of the molecule is COc1ccccc1NCN1C(=O)S/C(=C\c2ccc(N(C)C)cc2)C1=O. The number of nitrogens with one attached hydrogen (secondary N) is 1. The summed E-state index contributed by atoms with van der Waals surface area (Å²) < 4.78 is 5.27. The molecule has 0 unspecified atom stereocenters. The van der Waals surface area contributed by atoms with Crippen LogP contribution in [0.5, 0.6) is 5.75 Å². The van der Waals surface area contributed by atoms with Crippen LogP contribution in [0.1, 0.15) is 5.56 Å². The molecule has 1 aliphatic heterocycles. The number of anilines is 2. The molecular weight excluding hydrogens is 362 g/mol. The van der Waals surface area contributed by atoms with E-state index in [0.717, 1.165) is 28.7 Å². The largest absolute Gasteiger partial charge is 0.495 e. The van der Waals surface area contributed by atoms with E-state index in [2.05, 4.69) is 5.32 Å². The zero-order chi connectivity index (χ0) is 19.4. The summed E-state index contributed by atoms with van der Waals surface area (Å²) in [6, 6.07) is 15.2. The summed E-state index contributed by atoms with van der Waals surface area (Å²) in [5.41, 5.74) is 2.67. The number of methoxy groups -OCH3 is 1. The zero-order valence-electron chi connectivity index (χ0n) is 15.4. The van der Waals surface area contributed by atoms with Crippen LogP contribution < -0.4 is 15.0 Å². The molecule has 140 valence electrons. The summed E-state index contributed by atoms with van der Waals surface area (Å²) in [6.07, 6.45) is 1.74. The van der Waals surface area contributed by atoms with Gasteiger partial charge >= 0.3 is 0 Å². The van der Waals surface area contributed by atoms with Crippen LogP contribution in [-0.2, 0) is 4.79 Å². The van der Waals surface area contributed by atoms with Crippen LogP contribution in [0.3, 0.4) is 0 Å². The molecule has 0 saturated carbocycles. The Labute approximate surface area is 162 Å². The van der Waals surface area contributed by atoms with Crippen LogP contribution in [0.25, 0.3) is 6.08 Å². The number of ether oxygens (including phenoxy) is 1. The highest BCUT2D eigenvalue weighted by Gasteiger charge is 2.34. The van der Waals surface area contributed by atoms with Crippen molar-refractivity contribution in [3.8, 4) is 5.75 Å². The lowest BCUT2D eigenvalue weighted by Gasteiger charge is -2.16. The van der Waals surface area contributed by atoms with Gasteiger partial charge < -0.3 is 15.0 Å². The summed E-state index contributed by atoms with van der Waals surface area (Å²) in [4.78, 5) is 28.5. The Kier molecular flexibility index (Phi) is 5.71. The van der Waals surface area contributed by atoms with Gasteiger partial charge in [0, 0.05) is 19.8 Å². The van der Waals surface area contributed by atoms with Crippen molar-refractivity contribution < 1.29 is 14.3 Å². The van der Waals surface area contributed by atoms with Crippen LogP contribution in [0.4, 0.5) is 16.2 Å². The van der Waals surface area contributed by atoms with E-state index in [-0.39, 0.29) is 17.8 Å². The van der Waals surface area contributed by atoms with E-state index in [0.29, 0.717) is 10.7 Å². The van der Waals surface area contributed by atoms with Crippen molar-refractivity contribution in [3.63, 3.8) is 0 Å². The first-order valence-corrected chi connectivity index (χ1v) is 9.21. The highest BCUT2D eigenvalue weighted by molar-refractivity contribution is 8.18. The van der Waals surface area contributed by atoms with Crippen molar-refractivity contribution in [3.05, 3.63) is 59.0 Å². The van der Waals surface area contributed by atoms with Crippen molar-refractivity contribution in [1.82, 2.24) is 4.90 Å². The fourth-order valence-electron chi connectivity index (χ4n) is 2.61. The highest BCUT2D eigenvalue weighted by atomic mass is 32.2. The molecule has 1 fully saturated rings. The number of carbonyl (C=O) groups is 2. The number of hydrogen-bond acceptors (Lipinski definition) is 6. The monoisotopic (exact) mass is 383 g/mol. The van der Waals surface area contributed by atoms with Crippen molar-refractivity contribution in [2.75, 3.05) is 38.1 Å². The minimum Gasteiger partial charge on any atom is -0.495 e. The number of thioether (sulfide) groups is 1. The number of para-hydroxylation sites is 2. The Balaban J connectivity index is 1.71. The lowest BCUT2D eigenvalue weighted by Crippen LogP contribution is -2.33. The maximum Gasteiger partial charge on any atom is 0.295 e. The normalized spacial score (nSPS) is 15.4. The van der Waals surface area contributed by atoms with Gasteiger partial charge in [-0.2, -0.15) is 0 Å². The molecule has 0 aliphatic carbocycles. The molecule has 1 aliphatic rings. The van der Waals surface area contributed by atoms with Gasteiger partial charge in [0.1, 0.15) is 5.75 Å². The third-order valence-electron chi connectivity index (χ3n) is 4.12. The minimum absolute atomic E-state index is 0.0853. The van der Waals surface area contributed by atoms with Gasteiger partial charge in [-0.05, 0) is 47.7 Å². The van der Waals surface area contributed by atoms with Crippen LogP contribution in [0.15, 0.2) is 53.4 Å². The summed E-state index contributed by atoms with van der Waals surface area (Å²) in [7, 11) is 5.51. The van der Waals surface area contributed by atoms with E-state index in [1.807, 2.05) is 67.5 Å². The van der Waals surface area contributed by atoms with Gasteiger partial charge in [0.15, 0.2) is 0 Å². The van der Waals surface area contributed by atoms with E-state index in [9.17, 15) is 9.59 Å². The summed E-state index contributed by atoms with van der Waals surface area (Å²) in [5.74, 6) is 0.352. The van der Waals surface area contributed by atoms with Crippen LogP contribution in [0, 0.1) is 0 Å². The average molecular weight is 383 g/mol. The van der Waals surface area contributed by atoms with Gasteiger partial charge in [0.25, 0.3) is 11.1 Å². The lowest BCUT2D eigenvalue weighted by atomic mass is 10.2. The van der Waals surface area contributed by atoms with E-state index >= 15 is 0 Å². The minimum atomic E-state index is -0.302. The zero-order valence-corrected chi connectivity index (χ0v) is 16.2. The third kappa shape index (κ3) is 4.25. The number of hydrogen-bond donors (Lipinski definition) is 1. The molecule has 0 spiro atoms. The molecule has 7 heteroatoms. The van der Waals surface area contributed by atoms with Gasteiger partial charge in [-0.15, -0.1) is 0 Å². The molecular formula is C20H21N3O3S. The molecule has 1 N–H and O–H groups in total. The number of benzene rings is 2. The first kappa shape index (κ1) is 18.8. The molecule has 1 saturated heterocycles. The Morgan fingerprint density at radius 3 is 2.48 bits per heavy atom. The summed E-state index contributed by atoms with van der Waals surface area (Å²) in [6.45, 7) is 0.0853. The topological polar surface area (TPSA) is 61.9 Å². The standard InChI is InChI=1S/C20H21N3O3S/c1-22(2)15-10-8-14(9-11-15)12-18-19(24)23(20(25)27-18)13-21-16-6-4-5-7-17(16)26-3/h4-12,21H,13H2,1-3H3/b18-12-. The van der Waals surface area contributed by atoms with Crippen molar-refractivity contribution in [2.24, 2.45) is 0 Å². The molecule has 2 aromatic carbocycles. The average Bonchev–Trinajstić information content (AvgIpc) is 2.93. The van der Waals surface area contributed by atoms with Gasteiger partial charge in [-0.25, -0.2) is 0 Å². The third-order valence-corrected chi connectivity index (χ3v) is 5.02. The smallest absolute Gasteiger partial charge is 0.295 e. The number of imide groups is 1. The lowest BCUT2D eigenvalue weighted by molar-refractivity contribution is -0.122. The van der Waals surface area contributed by atoms with Crippen LogP contribution in [-0.4, -0.2) is 43.9 Å². The van der Waals surface area contributed by atoms with Crippen LogP contribution >= 0.6 is 11.8 Å². The molecule has 0 aromatic heterocycles. The molecule has 1 heterocycles. The summed E-state index contributed by atoms with van der Waals surface area (Å²) in [5, 5.41) is 2.79. The number of rotatable bonds is 6. The van der Waals surface area contributed by atoms with E-state index < -0.39 is 0 Å². The Morgan fingerprint density at radius 2 is 1.81 bits per heavy atom. The Morgan fingerprint density at radius 1 is 1.11 bits per heavy atom. The van der Waals surface area contributed by atoms with Crippen LogP contribution in [0.2, 0.25) is 0 Å². The first-order valence-electron chi connectivity index (χ1n) is 8.39. The Bertz CT molecular complexity index is 878. The maximum atomic E-state index is 12.6. The molecule has 0 radical (unpaired) electrons. The predicted octanol–water partition coefficient (Wildman–Crippen LogP) is 3.87. The van der Waals surface area contributed by atoms with Crippen molar-refractivity contribution in [1.29, 1.82) is 0 Å². The molecule has 6 nitrogen and oxygen atoms in total. The van der Waals surface area contributed by atoms with Crippen molar-refractivity contribution in [2.45, 2.75) is 0 Å². The quantitative estimate of drug-likeness (QED) is 0.764. The molecule has 3 rings (SSSR count). The molecule has 0 bridgehead atoms. The van der Waals surface area contributed by atoms with E-state index in [1.165, 1.54) is 4.90 Å². The van der Waals surface area contributed by atoms with Gasteiger partial charge in [0.2, 0.25) is 0 Å². The number of carbonyl (C=O) groups excluding carboxylic acids is 2. The van der Waals surface area contributed by atoms with Crippen molar-refractivity contribution >= 4 is 40.4 Å². The second-order valence-corrected chi connectivity index (χ2v) is 7.12. The first-order chi connectivity index (χ1) is 13.0. The fourth-order valence-corrected chi connectivity index (χ4v) is 3.45. The predicted molar refractivity (Wildman–Crippen MR) is 110 cm³/mol. The summed E-state index contributed by atoms with van der Waals surface area (Å²) >= 11 is 0.949. The maximum absolute atomic E-state index is 12.6. The second-order valence-electron chi connectivity index (χ2n) is 6.13. The number of amides is 2. The highest BCUT2D eigenvalue weighted by Crippen LogP contribution is 2.33. The molecule has 0 atom stereocenters. The Hall–Kier alpha value is -2.93. The fraction of sp³-hybridized carbons (Fsp3) is 0.200. The molecule has 27 heavy (non-hydrogen) atoms. The van der Waals surface area contributed by atoms with Gasteiger partial charge in [0.05, 0.1) is 24.4 Å². The molecule has 2 aromatic rings.